The summed E-state index contributed by atoms with van der Waals surface area (Å²) in [7, 11) is 0. The van der Waals surface area contributed by atoms with Crippen LogP contribution < -0.4 is 21.3 Å². The van der Waals surface area contributed by atoms with Crippen LogP contribution in [0.15, 0.2) is 0 Å². The van der Waals surface area contributed by atoms with Gasteiger partial charge in [-0.05, 0) is 12.3 Å². The van der Waals surface area contributed by atoms with Gasteiger partial charge in [-0.1, -0.05) is 20.8 Å². The van der Waals surface area contributed by atoms with Gasteiger partial charge in [0.15, 0.2) is 0 Å². The molecular weight excluding hydrogens is 254 g/mol. The first-order valence-corrected chi connectivity index (χ1v) is 7.07. The molecule has 0 amide bonds. The zero-order chi connectivity index (χ0) is 14.8. The first-order valence-electron chi connectivity index (χ1n) is 7.07. The van der Waals surface area contributed by atoms with Crippen molar-refractivity contribution < 1.29 is 0 Å². The fraction of sp³-hybridized carbons (Fsp3) is 0.769. The van der Waals surface area contributed by atoms with E-state index in [1.807, 2.05) is 0 Å². The van der Waals surface area contributed by atoms with Crippen molar-refractivity contribution in [2.24, 2.45) is 5.41 Å². The van der Waals surface area contributed by atoms with E-state index in [0.717, 1.165) is 26.2 Å². The Labute approximate surface area is 120 Å². The summed E-state index contributed by atoms with van der Waals surface area (Å²) < 4.78 is 0. The lowest BCUT2D eigenvalue weighted by Gasteiger charge is -2.32. The number of anilines is 3. The molecule has 1 aliphatic heterocycles. The van der Waals surface area contributed by atoms with Crippen LogP contribution >= 0.6 is 0 Å². The predicted octanol–water partition coefficient (Wildman–Crippen LogP) is 0.710. The molecule has 0 unspecified atom stereocenters. The summed E-state index contributed by atoms with van der Waals surface area (Å²) in [6.45, 7) is 12.1. The first kappa shape index (κ1) is 14.8. The number of nitrogens with zero attached hydrogens (tertiary/aromatic N) is 4. The second kappa shape index (κ2) is 5.78. The molecule has 1 fully saturated rings. The molecule has 7 heteroatoms. The Morgan fingerprint density at radius 2 is 2.10 bits per heavy atom. The van der Waals surface area contributed by atoms with Crippen LogP contribution in [0.1, 0.15) is 27.7 Å². The van der Waals surface area contributed by atoms with E-state index in [2.05, 4.69) is 58.2 Å². The van der Waals surface area contributed by atoms with E-state index in [1.165, 1.54) is 0 Å². The van der Waals surface area contributed by atoms with E-state index in [4.69, 9.17) is 5.73 Å². The fourth-order valence-corrected chi connectivity index (χ4v) is 2.06. The third-order valence-electron chi connectivity index (χ3n) is 3.07. The molecule has 1 atom stereocenters. The summed E-state index contributed by atoms with van der Waals surface area (Å²) >= 11 is 0. The molecular formula is C13H25N7. The van der Waals surface area contributed by atoms with Gasteiger partial charge in [0.2, 0.25) is 17.8 Å². The first-order chi connectivity index (χ1) is 9.33. The average Bonchev–Trinajstić information content (AvgIpc) is 2.35. The lowest BCUT2D eigenvalue weighted by atomic mass is 9.97. The zero-order valence-corrected chi connectivity index (χ0v) is 12.8. The SMILES string of the molecule is C[C@H]1CN(c2nc(N)nc(NCC(C)(C)C)n2)CCN1. The highest BCUT2D eigenvalue weighted by atomic mass is 15.3. The number of rotatable bonds is 3. The van der Waals surface area contributed by atoms with Crippen LogP contribution in [0.3, 0.4) is 0 Å². The largest absolute Gasteiger partial charge is 0.368 e. The summed E-state index contributed by atoms with van der Waals surface area (Å²) in [6.07, 6.45) is 0. The van der Waals surface area contributed by atoms with E-state index in [1.54, 1.807) is 0 Å². The van der Waals surface area contributed by atoms with Gasteiger partial charge in [0, 0.05) is 32.2 Å². The molecule has 112 valence electrons. The monoisotopic (exact) mass is 279 g/mol. The Morgan fingerprint density at radius 1 is 1.35 bits per heavy atom. The number of hydrogen-bond donors (Lipinski definition) is 3. The standard InChI is InChI=1S/C13H25N7/c1-9-7-20(6-5-15-9)12-18-10(14)17-11(19-12)16-8-13(2,3)4/h9,15H,5-8H2,1-4H3,(H3,14,16,17,18,19)/t9-/m0/s1. The highest BCUT2D eigenvalue weighted by Crippen LogP contribution is 2.16. The van der Waals surface area contributed by atoms with Crippen LogP contribution in [0.5, 0.6) is 0 Å². The average molecular weight is 279 g/mol. The second-order valence-corrected chi connectivity index (χ2v) is 6.53. The van der Waals surface area contributed by atoms with Crippen LogP contribution in [0.2, 0.25) is 0 Å². The van der Waals surface area contributed by atoms with Crippen molar-refractivity contribution in [2.45, 2.75) is 33.7 Å². The van der Waals surface area contributed by atoms with Crippen molar-refractivity contribution in [3.05, 3.63) is 0 Å². The van der Waals surface area contributed by atoms with Crippen molar-refractivity contribution in [1.29, 1.82) is 0 Å². The van der Waals surface area contributed by atoms with Gasteiger partial charge >= 0.3 is 0 Å². The Kier molecular flexibility index (Phi) is 4.27. The minimum absolute atomic E-state index is 0.158. The normalized spacial score (nSPS) is 20.0. The zero-order valence-electron chi connectivity index (χ0n) is 12.8. The summed E-state index contributed by atoms with van der Waals surface area (Å²) in [5.74, 6) is 1.47. The van der Waals surface area contributed by atoms with E-state index in [-0.39, 0.29) is 11.4 Å². The van der Waals surface area contributed by atoms with Crippen LogP contribution in [-0.2, 0) is 0 Å². The topological polar surface area (TPSA) is 92.0 Å². The third kappa shape index (κ3) is 4.19. The number of nitrogens with two attached hydrogens (primary N) is 1. The van der Waals surface area contributed by atoms with Crippen molar-refractivity contribution in [3.8, 4) is 0 Å². The molecule has 0 spiro atoms. The third-order valence-corrected chi connectivity index (χ3v) is 3.07. The van der Waals surface area contributed by atoms with Gasteiger partial charge in [-0.25, -0.2) is 0 Å². The fourth-order valence-electron chi connectivity index (χ4n) is 2.06. The van der Waals surface area contributed by atoms with Gasteiger partial charge in [-0.15, -0.1) is 0 Å². The molecule has 2 heterocycles. The highest BCUT2D eigenvalue weighted by molar-refractivity contribution is 5.42. The van der Waals surface area contributed by atoms with Gasteiger partial charge in [-0.2, -0.15) is 15.0 Å². The Balaban J connectivity index is 2.11. The maximum atomic E-state index is 5.80. The smallest absolute Gasteiger partial charge is 0.232 e. The molecule has 20 heavy (non-hydrogen) atoms. The van der Waals surface area contributed by atoms with E-state index in [9.17, 15) is 0 Å². The lowest BCUT2D eigenvalue weighted by molar-refractivity contribution is 0.441. The van der Waals surface area contributed by atoms with Crippen molar-refractivity contribution in [2.75, 3.05) is 42.1 Å². The second-order valence-electron chi connectivity index (χ2n) is 6.53. The molecule has 2 rings (SSSR count). The number of nitrogen functional groups attached to an aromatic ring is 1. The van der Waals surface area contributed by atoms with Gasteiger partial charge in [0.25, 0.3) is 0 Å². The van der Waals surface area contributed by atoms with Gasteiger partial charge in [0.1, 0.15) is 0 Å². The number of hydrogen-bond acceptors (Lipinski definition) is 7. The molecule has 0 saturated carbocycles. The number of aromatic nitrogens is 3. The molecule has 1 saturated heterocycles. The van der Waals surface area contributed by atoms with Crippen LogP contribution in [-0.4, -0.2) is 47.2 Å². The summed E-state index contributed by atoms with van der Waals surface area (Å²) in [5, 5.41) is 6.63. The van der Waals surface area contributed by atoms with Crippen molar-refractivity contribution in [3.63, 3.8) is 0 Å². The van der Waals surface area contributed by atoms with Gasteiger partial charge in [0.05, 0.1) is 0 Å². The number of nitrogens with one attached hydrogen (secondary N) is 2. The number of piperazine rings is 1. The minimum atomic E-state index is 0.158. The van der Waals surface area contributed by atoms with E-state index >= 15 is 0 Å². The molecule has 1 aromatic rings. The predicted molar refractivity (Wildman–Crippen MR) is 81.9 cm³/mol. The Hall–Kier alpha value is -1.63. The van der Waals surface area contributed by atoms with Gasteiger partial charge < -0.3 is 21.3 Å². The minimum Gasteiger partial charge on any atom is -0.368 e. The van der Waals surface area contributed by atoms with Crippen molar-refractivity contribution in [1.82, 2.24) is 20.3 Å². The molecule has 0 aliphatic carbocycles. The molecule has 0 aromatic carbocycles. The highest BCUT2D eigenvalue weighted by Gasteiger charge is 2.19. The van der Waals surface area contributed by atoms with E-state index in [0.29, 0.717) is 17.9 Å². The Morgan fingerprint density at radius 3 is 2.75 bits per heavy atom. The lowest BCUT2D eigenvalue weighted by Crippen LogP contribution is -2.50. The van der Waals surface area contributed by atoms with Crippen LogP contribution in [0, 0.1) is 5.41 Å². The maximum absolute atomic E-state index is 5.80. The quantitative estimate of drug-likeness (QED) is 0.750. The molecule has 4 N–H and O–H groups in total. The summed E-state index contributed by atoms with van der Waals surface area (Å²) in [5.41, 5.74) is 5.95. The van der Waals surface area contributed by atoms with E-state index < -0.39 is 0 Å². The van der Waals surface area contributed by atoms with Crippen molar-refractivity contribution >= 4 is 17.8 Å². The summed E-state index contributed by atoms with van der Waals surface area (Å²) in [6, 6.07) is 0.424. The van der Waals surface area contributed by atoms with Gasteiger partial charge in [-0.3, -0.25) is 0 Å². The molecule has 1 aliphatic rings. The molecule has 0 radical (unpaired) electrons. The summed E-state index contributed by atoms with van der Waals surface area (Å²) in [4.78, 5) is 15.0. The Bertz CT molecular complexity index is 455. The molecule has 1 aromatic heterocycles. The van der Waals surface area contributed by atoms with Crippen LogP contribution in [0.4, 0.5) is 17.8 Å². The molecule has 7 nitrogen and oxygen atoms in total. The van der Waals surface area contributed by atoms with Crippen LogP contribution in [0.25, 0.3) is 0 Å². The molecule has 0 bridgehead atoms. The maximum Gasteiger partial charge on any atom is 0.232 e.